The molecule has 4 heteroatoms. The van der Waals surface area contributed by atoms with Gasteiger partial charge in [-0.3, -0.25) is 0 Å². The van der Waals surface area contributed by atoms with Crippen LogP contribution in [0.4, 0.5) is 5.95 Å². The van der Waals surface area contributed by atoms with Crippen LogP contribution < -0.4 is 4.90 Å². The van der Waals surface area contributed by atoms with Gasteiger partial charge in [0.05, 0.1) is 6.10 Å². The van der Waals surface area contributed by atoms with Crippen LogP contribution >= 0.6 is 0 Å². The number of benzene rings is 1. The predicted molar refractivity (Wildman–Crippen MR) is 83.4 cm³/mol. The molecule has 4 nitrogen and oxygen atoms in total. The molecule has 1 unspecified atom stereocenters. The molecule has 1 saturated heterocycles. The Morgan fingerprint density at radius 1 is 1.10 bits per heavy atom. The third-order valence-corrected chi connectivity index (χ3v) is 3.79. The second-order valence-electron chi connectivity index (χ2n) is 5.37. The van der Waals surface area contributed by atoms with E-state index in [1.54, 1.807) is 12.4 Å². The minimum atomic E-state index is 0.310. The lowest BCUT2D eigenvalue weighted by Crippen LogP contribution is -2.24. The molecule has 1 aliphatic rings. The molecule has 0 aliphatic carbocycles. The van der Waals surface area contributed by atoms with Crippen LogP contribution in [0.3, 0.4) is 0 Å². The SMILES string of the molecule is c1ccc(CCCOC2CCN(c3ncccn3)C2)cc1. The average Bonchev–Trinajstić information content (AvgIpc) is 3.02. The van der Waals surface area contributed by atoms with Crippen molar-refractivity contribution in [1.29, 1.82) is 0 Å². The van der Waals surface area contributed by atoms with Gasteiger partial charge >= 0.3 is 0 Å². The third-order valence-electron chi connectivity index (χ3n) is 3.79. The second-order valence-corrected chi connectivity index (χ2v) is 5.37. The Morgan fingerprint density at radius 3 is 2.71 bits per heavy atom. The zero-order valence-electron chi connectivity index (χ0n) is 12.2. The van der Waals surface area contributed by atoms with Crippen molar-refractivity contribution >= 4 is 5.95 Å². The largest absolute Gasteiger partial charge is 0.376 e. The van der Waals surface area contributed by atoms with E-state index in [1.807, 2.05) is 6.07 Å². The lowest BCUT2D eigenvalue weighted by Gasteiger charge is -2.16. The van der Waals surface area contributed by atoms with E-state index in [2.05, 4.69) is 45.2 Å². The van der Waals surface area contributed by atoms with Crippen LogP contribution in [0.25, 0.3) is 0 Å². The van der Waals surface area contributed by atoms with Gasteiger partial charge in [0.15, 0.2) is 0 Å². The molecule has 2 heterocycles. The topological polar surface area (TPSA) is 38.2 Å². The summed E-state index contributed by atoms with van der Waals surface area (Å²) in [6.07, 6.45) is 7.10. The van der Waals surface area contributed by atoms with Gasteiger partial charge in [0, 0.05) is 32.1 Å². The van der Waals surface area contributed by atoms with Gasteiger partial charge in [0.2, 0.25) is 5.95 Å². The minimum Gasteiger partial charge on any atom is -0.376 e. The van der Waals surface area contributed by atoms with Gasteiger partial charge in [-0.25, -0.2) is 9.97 Å². The number of ether oxygens (including phenoxy) is 1. The standard InChI is InChI=1S/C17H21N3O/c1-2-6-15(7-3-1)8-4-13-21-16-9-12-20(14-16)17-18-10-5-11-19-17/h1-3,5-7,10-11,16H,4,8-9,12-14H2. The summed E-state index contributed by atoms with van der Waals surface area (Å²) in [5.41, 5.74) is 1.38. The fourth-order valence-corrected chi connectivity index (χ4v) is 2.67. The van der Waals surface area contributed by atoms with E-state index < -0.39 is 0 Å². The molecule has 2 aromatic rings. The quantitative estimate of drug-likeness (QED) is 0.764. The molecule has 1 aromatic heterocycles. The number of aromatic nitrogens is 2. The van der Waals surface area contributed by atoms with E-state index in [9.17, 15) is 0 Å². The summed E-state index contributed by atoms with van der Waals surface area (Å²) in [4.78, 5) is 10.8. The molecule has 0 N–H and O–H groups in total. The molecule has 1 aliphatic heterocycles. The van der Waals surface area contributed by atoms with Gasteiger partial charge in [0.25, 0.3) is 0 Å². The highest BCUT2D eigenvalue weighted by Crippen LogP contribution is 2.17. The van der Waals surface area contributed by atoms with E-state index in [-0.39, 0.29) is 0 Å². The number of hydrogen-bond acceptors (Lipinski definition) is 4. The van der Waals surface area contributed by atoms with E-state index in [4.69, 9.17) is 4.74 Å². The predicted octanol–water partition coefficient (Wildman–Crippen LogP) is 2.70. The monoisotopic (exact) mass is 283 g/mol. The van der Waals surface area contributed by atoms with Crippen LogP contribution in [-0.4, -0.2) is 35.8 Å². The van der Waals surface area contributed by atoms with Crippen LogP contribution in [0.2, 0.25) is 0 Å². The highest BCUT2D eigenvalue weighted by atomic mass is 16.5. The zero-order chi connectivity index (χ0) is 14.3. The van der Waals surface area contributed by atoms with Crippen molar-refractivity contribution in [2.75, 3.05) is 24.6 Å². The summed E-state index contributed by atoms with van der Waals surface area (Å²) in [6, 6.07) is 12.4. The first-order valence-electron chi connectivity index (χ1n) is 7.59. The Labute approximate surface area is 125 Å². The summed E-state index contributed by atoms with van der Waals surface area (Å²) >= 11 is 0. The van der Waals surface area contributed by atoms with Gasteiger partial charge in [-0.15, -0.1) is 0 Å². The fourth-order valence-electron chi connectivity index (χ4n) is 2.67. The van der Waals surface area contributed by atoms with Crippen LogP contribution in [0, 0.1) is 0 Å². The molecule has 1 aromatic carbocycles. The number of aryl methyl sites for hydroxylation is 1. The van der Waals surface area contributed by atoms with Gasteiger partial charge in [-0.2, -0.15) is 0 Å². The van der Waals surface area contributed by atoms with Crippen LogP contribution in [0.15, 0.2) is 48.8 Å². The zero-order valence-corrected chi connectivity index (χ0v) is 12.2. The summed E-state index contributed by atoms with van der Waals surface area (Å²) in [6.45, 7) is 2.70. The maximum atomic E-state index is 5.98. The van der Waals surface area contributed by atoms with Gasteiger partial charge in [-0.1, -0.05) is 30.3 Å². The molecule has 1 fully saturated rings. The summed E-state index contributed by atoms with van der Waals surface area (Å²) in [5.74, 6) is 0.813. The Hall–Kier alpha value is -1.94. The lowest BCUT2D eigenvalue weighted by atomic mass is 10.1. The highest BCUT2D eigenvalue weighted by Gasteiger charge is 2.24. The molecule has 1 atom stereocenters. The number of rotatable bonds is 6. The molecular weight excluding hydrogens is 262 g/mol. The van der Waals surface area contributed by atoms with E-state index >= 15 is 0 Å². The number of hydrogen-bond donors (Lipinski definition) is 0. The van der Waals surface area contributed by atoms with Crippen molar-refractivity contribution in [3.8, 4) is 0 Å². The average molecular weight is 283 g/mol. The molecule has 110 valence electrons. The first kappa shape index (κ1) is 14.0. The lowest BCUT2D eigenvalue weighted by molar-refractivity contribution is 0.0666. The van der Waals surface area contributed by atoms with Crippen molar-refractivity contribution in [2.45, 2.75) is 25.4 Å². The van der Waals surface area contributed by atoms with Gasteiger partial charge in [0.1, 0.15) is 0 Å². The minimum absolute atomic E-state index is 0.310. The maximum Gasteiger partial charge on any atom is 0.225 e. The first-order valence-corrected chi connectivity index (χ1v) is 7.59. The first-order chi connectivity index (χ1) is 10.4. The molecular formula is C17H21N3O. The molecule has 0 radical (unpaired) electrons. The molecule has 3 rings (SSSR count). The number of anilines is 1. The summed E-state index contributed by atoms with van der Waals surface area (Å²) < 4.78 is 5.98. The Bertz CT molecular complexity index is 532. The summed E-state index contributed by atoms with van der Waals surface area (Å²) in [7, 11) is 0. The molecule has 0 spiro atoms. The van der Waals surface area contributed by atoms with Gasteiger partial charge < -0.3 is 9.64 Å². The van der Waals surface area contributed by atoms with Crippen LogP contribution in [-0.2, 0) is 11.2 Å². The molecule has 21 heavy (non-hydrogen) atoms. The van der Waals surface area contributed by atoms with E-state index in [0.717, 1.165) is 44.9 Å². The number of nitrogens with zero attached hydrogens (tertiary/aromatic N) is 3. The second kappa shape index (κ2) is 7.18. The fraction of sp³-hybridized carbons (Fsp3) is 0.412. The molecule has 0 amide bonds. The third kappa shape index (κ3) is 4.02. The van der Waals surface area contributed by atoms with Crippen molar-refractivity contribution in [3.05, 3.63) is 54.4 Å². The van der Waals surface area contributed by atoms with Crippen LogP contribution in [0.1, 0.15) is 18.4 Å². The van der Waals surface area contributed by atoms with Gasteiger partial charge in [-0.05, 0) is 30.9 Å². The molecule has 0 saturated carbocycles. The maximum absolute atomic E-state index is 5.98. The highest BCUT2D eigenvalue weighted by molar-refractivity contribution is 5.30. The van der Waals surface area contributed by atoms with E-state index in [0.29, 0.717) is 6.10 Å². The molecule has 0 bridgehead atoms. The van der Waals surface area contributed by atoms with Crippen molar-refractivity contribution in [2.24, 2.45) is 0 Å². The Morgan fingerprint density at radius 2 is 1.90 bits per heavy atom. The van der Waals surface area contributed by atoms with E-state index in [1.165, 1.54) is 5.56 Å². The van der Waals surface area contributed by atoms with Crippen molar-refractivity contribution in [1.82, 2.24) is 9.97 Å². The normalized spacial score (nSPS) is 18.1. The smallest absolute Gasteiger partial charge is 0.225 e. The van der Waals surface area contributed by atoms with Crippen molar-refractivity contribution in [3.63, 3.8) is 0 Å². The Kier molecular flexibility index (Phi) is 4.79. The summed E-state index contributed by atoms with van der Waals surface area (Å²) in [5, 5.41) is 0. The Balaban J connectivity index is 1.38. The van der Waals surface area contributed by atoms with Crippen LogP contribution in [0.5, 0.6) is 0 Å². The van der Waals surface area contributed by atoms with Crippen molar-refractivity contribution < 1.29 is 4.74 Å².